The second kappa shape index (κ2) is 10.4. The van der Waals surface area contributed by atoms with Gasteiger partial charge in [-0.1, -0.05) is 12.1 Å². The zero-order valence-electron chi connectivity index (χ0n) is 18.1. The number of aryl methyl sites for hydroxylation is 1. The minimum absolute atomic E-state index is 0.0805. The van der Waals surface area contributed by atoms with E-state index in [4.69, 9.17) is 9.47 Å². The lowest BCUT2D eigenvalue weighted by Crippen LogP contribution is -2.23. The van der Waals surface area contributed by atoms with Crippen molar-refractivity contribution in [2.45, 2.75) is 44.2 Å². The minimum atomic E-state index is -3.56. The third-order valence-corrected chi connectivity index (χ3v) is 6.22. The number of benzene rings is 2. The highest BCUT2D eigenvalue weighted by atomic mass is 32.2. The number of amides is 1. The number of nitrogens with one attached hydrogen (secondary N) is 1. The highest BCUT2D eigenvalue weighted by molar-refractivity contribution is 7.89. The van der Waals surface area contributed by atoms with Crippen molar-refractivity contribution in [1.82, 2.24) is 9.62 Å². The fourth-order valence-corrected chi connectivity index (χ4v) is 3.81. The number of ether oxygens (including phenoxy) is 2. The van der Waals surface area contributed by atoms with Crippen LogP contribution in [0, 0.1) is 0 Å². The van der Waals surface area contributed by atoms with E-state index in [1.807, 2.05) is 38.1 Å². The Morgan fingerprint density at radius 1 is 1.13 bits per heavy atom. The van der Waals surface area contributed by atoms with Crippen molar-refractivity contribution in [1.29, 1.82) is 0 Å². The molecule has 2 rings (SSSR count). The lowest BCUT2D eigenvalue weighted by Gasteiger charge is -2.15. The van der Waals surface area contributed by atoms with Crippen LogP contribution >= 0.6 is 0 Å². The molecule has 0 atom stereocenters. The van der Waals surface area contributed by atoms with Gasteiger partial charge < -0.3 is 14.8 Å². The van der Waals surface area contributed by atoms with Crippen LogP contribution in [0.2, 0.25) is 0 Å². The summed E-state index contributed by atoms with van der Waals surface area (Å²) in [5.74, 6) is 1.19. The van der Waals surface area contributed by atoms with Gasteiger partial charge in [-0.2, -0.15) is 0 Å². The van der Waals surface area contributed by atoms with E-state index in [9.17, 15) is 13.2 Å². The molecule has 164 valence electrons. The number of methoxy groups -OCH3 is 1. The van der Waals surface area contributed by atoms with Crippen LogP contribution in [0.15, 0.2) is 47.4 Å². The molecule has 0 unspecified atom stereocenters. The second-order valence-electron chi connectivity index (χ2n) is 7.35. The zero-order valence-corrected chi connectivity index (χ0v) is 19.0. The highest BCUT2D eigenvalue weighted by Gasteiger charge is 2.19. The molecule has 2 aromatic carbocycles. The molecular formula is C22H30N2O5S. The Morgan fingerprint density at radius 2 is 1.87 bits per heavy atom. The molecular weight excluding hydrogens is 404 g/mol. The van der Waals surface area contributed by atoms with E-state index in [-0.39, 0.29) is 23.3 Å². The van der Waals surface area contributed by atoms with E-state index in [0.29, 0.717) is 24.3 Å². The van der Waals surface area contributed by atoms with E-state index in [1.165, 1.54) is 27.3 Å². The first-order valence-corrected chi connectivity index (χ1v) is 11.2. The van der Waals surface area contributed by atoms with Crippen molar-refractivity contribution in [2.75, 3.05) is 21.2 Å². The molecule has 0 aliphatic heterocycles. The van der Waals surface area contributed by atoms with Gasteiger partial charge in [0.1, 0.15) is 11.5 Å². The molecule has 0 aromatic heterocycles. The molecule has 0 aliphatic carbocycles. The molecule has 8 heteroatoms. The molecule has 0 saturated heterocycles. The van der Waals surface area contributed by atoms with Gasteiger partial charge in [0.05, 0.1) is 18.1 Å². The van der Waals surface area contributed by atoms with E-state index >= 15 is 0 Å². The summed E-state index contributed by atoms with van der Waals surface area (Å²) in [5, 5.41) is 2.89. The van der Waals surface area contributed by atoms with Crippen molar-refractivity contribution < 1.29 is 22.7 Å². The lowest BCUT2D eigenvalue weighted by atomic mass is 10.1. The van der Waals surface area contributed by atoms with Gasteiger partial charge >= 0.3 is 0 Å². The van der Waals surface area contributed by atoms with Gasteiger partial charge in [-0.25, -0.2) is 12.7 Å². The summed E-state index contributed by atoms with van der Waals surface area (Å²) >= 11 is 0. The number of rotatable bonds is 10. The Morgan fingerprint density at radius 3 is 2.50 bits per heavy atom. The normalized spacial score (nSPS) is 11.6. The average molecular weight is 435 g/mol. The lowest BCUT2D eigenvalue weighted by molar-refractivity contribution is -0.121. The highest BCUT2D eigenvalue weighted by Crippen LogP contribution is 2.25. The first-order valence-electron chi connectivity index (χ1n) is 9.75. The standard InChI is InChI=1S/C22H30N2O5S/c1-16(2)29-19-8-6-7-17(13-19)15-23-22(25)12-9-18-14-20(10-11-21(18)28-5)30(26,27)24(3)4/h6-8,10-11,13-14,16H,9,12,15H2,1-5H3,(H,23,25). The number of sulfonamides is 1. The Kier molecular flexibility index (Phi) is 8.25. The van der Waals surface area contributed by atoms with Crippen molar-refractivity contribution >= 4 is 15.9 Å². The summed E-state index contributed by atoms with van der Waals surface area (Å²) in [6.07, 6.45) is 0.656. The van der Waals surface area contributed by atoms with Crippen LogP contribution in [0.25, 0.3) is 0 Å². The largest absolute Gasteiger partial charge is 0.496 e. The molecule has 0 saturated carbocycles. The quantitative estimate of drug-likeness (QED) is 0.621. The van der Waals surface area contributed by atoms with Crippen LogP contribution in [-0.2, 0) is 27.8 Å². The van der Waals surface area contributed by atoms with Gasteiger partial charge in [0.2, 0.25) is 15.9 Å². The van der Waals surface area contributed by atoms with Crippen molar-refractivity contribution in [3.05, 3.63) is 53.6 Å². The van der Waals surface area contributed by atoms with Crippen LogP contribution in [0.5, 0.6) is 11.5 Å². The minimum Gasteiger partial charge on any atom is -0.496 e. The zero-order chi connectivity index (χ0) is 22.3. The van der Waals surface area contributed by atoms with Crippen LogP contribution in [-0.4, -0.2) is 45.9 Å². The molecule has 0 spiro atoms. The van der Waals surface area contributed by atoms with Gasteiger partial charge in [-0.05, 0) is 61.7 Å². The molecule has 30 heavy (non-hydrogen) atoms. The summed E-state index contributed by atoms with van der Waals surface area (Å²) in [6, 6.07) is 12.3. The molecule has 0 aliphatic rings. The Hall–Kier alpha value is -2.58. The third-order valence-electron chi connectivity index (χ3n) is 4.41. The first-order chi connectivity index (χ1) is 14.1. The Balaban J connectivity index is 2.00. The summed E-state index contributed by atoms with van der Waals surface area (Å²) < 4.78 is 36.9. The molecule has 0 radical (unpaired) electrons. The molecule has 0 bridgehead atoms. The maximum atomic E-state index is 12.4. The second-order valence-corrected chi connectivity index (χ2v) is 9.50. The topological polar surface area (TPSA) is 84.9 Å². The van der Waals surface area contributed by atoms with E-state index in [0.717, 1.165) is 15.6 Å². The number of nitrogens with zero attached hydrogens (tertiary/aromatic N) is 1. The van der Waals surface area contributed by atoms with Crippen molar-refractivity contribution in [2.24, 2.45) is 0 Å². The number of carbonyl (C=O) groups excluding carboxylic acids is 1. The predicted molar refractivity (Wildman–Crippen MR) is 116 cm³/mol. The first kappa shape index (κ1) is 23.7. The predicted octanol–water partition coefficient (Wildman–Crippen LogP) is 2.98. The molecule has 2 aromatic rings. The fourth-order valence-electron chi connectivity index (χ4n) is 2.86. The average Bonchev–Trinajstić information content (AvgIpc) is 2.70. The van der Waals surface area contributed by atoms with Crippen molar-refractivity contribution in [3.8, 4) is 11.5 Å². The molecule has 0 fully saturated rings. The maximum Gasteiger partial charge on any atom is 0.242 e. The summed E-state index contributed by atoms with van der Waals surface area (Å²) in [7, 11) is 0.922. The number of hydrogen-bond donors (Lipinski definition) is 1. The maximum absolute atomic E-state index is 12.4. The smallest absolute Gasteiger partial charge is 0.242 e. The van der Waals surface area contributed by atoms with Gasteiger partial charge in [-0.15, -0.1) is 0 Å². The van der Waals surface area contributed by atoms with Crippen LogP contribution in [0.4, 0.5) is 0 Å². The number of hydrogen-bond acceptors (Lipinski definition) is 5. The van der Waals surface area contributed by atoms with Gasteiger partial charge in [0.25, 0.3) is 0 Å². The van der Waals surface area contributed by atoms with Gasteiger partial charge in [0.15, 0.2) is 0 Å². The third kappa shape index (κ3) is 6.47. The van der Waals surface area contributed by atoms with Crippen LogP contribution in [0.3, 0.4) is 0 Å². The van der Waals surface area contributed by atoms with Gasteiger partial charge in [0, 0.05) is 27.1 Å². The fraction of sp³-hybridized carbons (Fsp3) is 0.409. The summed E-state index contributed by atoms with van der Waals surface area (Å²) in [6.45, 7) is 4.31. The van der Waals surface area contributed by atoms with Crippen LogP contribution < -0.4 is 14.8 Å². The van der Waals surface area contributed by atoms with Gasteiger partial charge in [-0.3, -0.25) is 4.79 Å². The monoisotopic (exact) mass is 434 g/mol. The van der Waals surface area contributed by atoms with E-state index in [1.54, 1.807) is 12.1 Å². The SMILES string of the molecule is COc1ccc(S(=O)(=O)N(C)C)cc1CCC(=O)NCc1cccc(OC(C)C)c1. The Bertz CT molecular complexity index is 971. The molecule has 0 heterocycles. The molecule has 7 nitrogen and oxygen atoms in total. The molecule has 1 amide bonds. The molecule has 1 N–H and O–H groups in total. The summed E-state index contributed by atoms with van der Waals surface area (Å²) in [4.78, 5) is 12.5. The van der Waals surface area contributed by atoms with E-state index < -0.39 is 10.0 Å². The Labute approximate surface area is 179 Å². The summed E-state index contributed by atoms with van der Waals surface area (Å²) in [5.41, 5.74) is 1.61. The van der Waals surface area contributed by atoms with E-state index in [2.05, 4.69) is 5.32 Å². The number of carbonyl (C=O) groups is 1. The van der Waals surface area contributed by atoms with Crippen molar-refractivity contribution in [3.63, 3.8) is 0 Å². The van der Waals surface area contributed by atoms with Crippen LogP contribution in [0.1, 0.15) is 31.4 Å².